The molecule has 0 aliphatic carbocycles. The molecule has 0 saturated heterocycles. The Bertz CT molecular complexity index is 349. The highest BCUT2D eigenvalue weighted by Crippen LogP contribution is 2.23. The van der Waals surface area contributed by atoms with Crippen LogP contribution in [0.2, 0.25) is 5.02 Å². The maximum atomic E-state index is 11.2. The van der Waals surface area contributed by atoms with E-state index in [1.54, 1.807) is 0 Å². The zero-order valence-electron chi connectivity index (χ0n) is 7.40. The fraction of sp³-hybridized carbons (Fsp3) is 0.222. The molecule has 76 valence electrons. The molecule has 0 aliphatic heterocycles. The predicted octanol–water partition coefficient (Wildman–Crippen LogP) is 0.842. The Balaban J connectivity index is 3.14. The molecule has 0 unspecified atom stereocenters. The fourth-order valence-electron chi connectivity index (χ4n) is 1.01. The van der Waals surface area contributed by atoms with Crippen LogP contribution < -0.4 is 4.74 Å². The predicted molar refractivity (Wildman–Crippen MR) is 50.6 cm³/mol. The number of carbonyl (C=O) groups is 1. The van der Waals surface area contributed by atoms with Crippen molar-refractivity contribution >= 4 is 17.4 Å². The maximum Gasteiger partial charge on any atom is 0.222 e. The van der Waals surface area contributed by atoms with Crippen LogP contribution in [-0.4, -0.2) is 29.4 Å². The van der Waals surface area contributed by atoms with Crippen molar-refractivity contribution in [2.75, 3.05) is 7.11 Å². The van der Waals surface area contributed by atoms with E-state index in [9.17, 15) is 4.79 Å². The molecule has 0 saturated carbocycles. The van der Waals surface area contributed by atoms with E-state index in [1.807, 2.05) is 0 Å². The Kier molecular flexibility index (Phi) is 3.46. The molecule has 2 N–H and O–H groups in total. The van der Waals surface area contributed by atoms with E-state index in [0.29, 0.717) is 5.02 Å². The van der Waals surface area contributed by atoms with Gasteiger partial charge in [-0.05, 0) is 18.2 Å². The van der Waals surface area contributed by atoms with Crippen molar-refractivity contribution in [3.05, 3.63) is 28.8 Å². The quantitative estimate of drug-likeness (QED) is 0.581. The number of benzene rings is 1. The molecule has 0 amide bonds. The number of ketones is 1. The molecule has 0 bridgehead atoms. The first-order valence-corrected chi connectivity index (χ1v) is 4.18. The second kappa shape index (κ2) is 4.41. The van der Waals surface area contributed by atoms with Crippen LogP contribution in [0.4, 0.5) is 0 Å². The topological polar surface area (TPSA) is 66.8 Å². The maximum absolute atomic E-state index is 11.2. The summed E-state index contributed by atoms with van der Waals surface area (Å²) < 4.78 is 4.87. The minimum Gasteiger partial charge on any atom is -0.496 e. The number of hydrogen-bond donors (Lipinski definition) is 2. The largest absolute Gasteiger partial charge is 0.496 e. The first-order chi connectivity index (χ1) is 6.56. The van der Waals surface area contributed by atoms with Gasteiger partial charge < -0.3 is 14.9 Å². The average Bonchev–Trinajstić information content (AvgIpc) is 2.16. The zero-order valence-corrected chi connectivity index (χ0v) is 8.15. The van der Waals surface area contributed by atoms with Gasteiger partial charge in [-0.2, -0.15) is 0 Å². The molecule has 4 nitrogen and oxygen atoms in total. The van der Waals surface area contributed by atoms with Crippen molar-refractivity contribution in [1.82, 2.24) is 0 Å². The standard InChI is InChI=1S/C9H9ClO4/c1-14-7-4-5(10)2-3-6(7)8(11)9(12)13/h2-4,9,12-13H,1H3. The van der Waals surface area contributed by atoms with Crippen LogP contribution >= 0.6 is 11.6 Å². The molecule has 1 aromatic carbocycles. The summed E-state index contributed by atoms with van der Waals surface area (Å²) in [6.45, 7) is 0. The third-order valence-electron chi connectivity index (χ3n) is 1.66. The molecule has 0 aliphatic rings. The molecular weight excluding hydrogens is 208 g/mol. The number of aliphatic hydroxyl groups is 2. The lowest BCUT2D eigenvalue weighted by molar-refractivity contribution is -0.0196. The van der Waals surface area contributed by atoms with Crippen molar-refractivity contribution in [2.45, 2.75) is 6.29 Å². The van der Waals surface area contributed by atoms with E-state index in [1.165, 1.54) is 25.3 Å². The fourth-order valence-corrected chi connectivity index (χ4v) is 1.17. The van der Waals surface area contributed by atoms with Crippen LogP contribution in [0, 0.1) is 0 Å². The number of rotatable bonds is 3. The van der Waals surface area contributed by atoms with Crippen molar-refractivity contribution in [1.29, 1.82) is 0 Å². The van der Waals surface area contributed by atoms with Crippen molar-refractivity contribution in [3.8, 4) is 5.75 Å². The number of hydrogen-bond acceptors (Lipinski definition) is 4. The Hall–Kier alpha value is -1.10. The summed E-state index contributed by atoms with van der Waals surface area (Å²) in [6.07, 6.45) is -2.04. The molecule has 1 aromatic rings. The SMILES string of the molecule is COc1cc(Cl)ccc1C(=O)C(O)O. The number of aliphatic hydroxyl groups excluding tert-OH is 1. The summed E-state index contributed by atoms with van der Waals surface area (Å²) in [4.78, 5) is 11.2. The molecule has 0 aromatic heterocycles. The van der Waals surface area contributed by atoms with Crippen LogP contribution in [0.15, 0.2) is 18.2 Å². The minimum absolute atomic E-state index is 0.0897. The number of methoxy groups -OCH3 is 1. The lowest BCUT2D eigenvalue weighted by Gasteiger charge is -2.08. The highest BCUT2D eigenvalue weighted by atomic mass is 35.5. The van der Waals surface area contributed by atoms with Crippen molar-refractivity contribution in [3.63, 3.8) is 0 Å². The summed E-state index contributed by atoms with van der Waals surface area (Å²) in [5, 5.41) is 17.8. The Labute approximate surface area is 85.7 Å². The van der Waals surface area contributed by atoms with Gasteiger partial charge in [0.25, 0.3) is 0 Å². The van der Waals surface area contributed by atoms with E-state index in [4.69, 9.17) is 26.6 Å². The van der Waals surface area contributed by atoms with Gasteiger partial charge in [-0.15, -0.1) is 0 Å². The van der Waals surface area contributed by atoms with E-state index in [-0.39, 0.29) is 11.3 Å². The van der Waals surface area contributed by atoms with Gasteiger partial charge in [-0.3, -0.25) is 4.79 Å². The van der Waals surface area contributed by atoms with E-state index >= 15 is 0 Å². The van der Waals surface area contributed by atoms with Gasteiger partial charge in [0.05, 0.1) is 12.7 Å². The lowest BCUT2D eigenvalue weighted by Crippen LogP contribution is -2.19. The zero-order chi connectivity index (χ0) is 10.7. The van der Waals surface area contributed by atoms with Crippen LogP contribution in [0.1, 0.15) is 10.4 Å². The van der Waals surface area contributed by atoms with E-state index in [2.05, 4.69) is 0 Å². The highest BCUT2D eigenvalue weighted by molar-refractivity contribution is 6.30. The normalized spacial score (nSPS) is 10.4. The Morgan fingerprint density at radius 3 is 2.64 bits per heavy atom. The molecule has 0 radical (unpaired) electrons. The van der Waals surface area contributed by atoms with Crippen LogP contribution in [0.3, 0.4) is 0 Å². The van der Waals surface area contributed by atoms with Gasteiger partial charge in [0.1, 0.15) is 5.75 Å². The van der Waals surface area contributed by atoms with E-state index in [0.717, 1.165) is 0 Å². The molecule has 0 spiro atoms. The first-order valence-electron chi connectivity index (χ1n) is 3.80. The molecule has 1 rings (SSSR count). The first kappa shape index (κ1) is 11.0. The van der Waals surface area contributed by atoms with Crippen molar-refractivity contribution < 1.29 is 19.7 Å². The third-order valence-corrected chi connectivity index (χ3v) is 1.90. The average molecular weight is 217 g/mol. The number of halogens is 1. The minimum atomic E-state index is -2.04. The summed E-state index contributed by atoms with van der Waals surface area (Å²) >= 11 is 5.66. The monoisotopic (exact) mass is 216 g/mol. The molecule has 5 heteroatoms. The summed E-state index contributed by atoms with van der Waals surface area (Å²) in [5.74, 6) is -0.603. The summed E-state index contributed by atoms with van der Waals surface area (Å²) in [7, 11) is 1.37. The van der Waals surface area contributed by atoms with E-state index < -0.39 is 12.1 Å². The third kappa shape index (κ3) is 2.23. The Morgan fingerprint density at radius 2 is 2.14 bits per heavy atom. The summed E-state index contributed by atoms with van der Waals surface area (Å²) in [6, 6.07) is 4.28. The molecule has 0 fully saturated rings. The highest BCUT2D eigenvalue weighted by Gasteiger charge is 2.18. The number of Topliss-reactive ketones (excluding diaryl/α,β-unsaturated/α-hetero) is 1. The van der Waals surface area contributed by atoms with Gasteiger partial charge in [-0.25, -0.2) is 0 Å². The second-order valence-electron chi connectivity index (χ2n) is 2.58. The molecule has 0 heterocycles. The van der Waals surface area contributed by atoms with Gasteiger partial charge in [-0.1, -0.05) is 11.6 Å². The molecular formula is C9H9ClO4. The van der Waals surface area contributed by atoms with Crippen LogP contribution in [-0.2, 0) is 0 Å². The molecule has 0 atom stereocenters. The van der Waals surface area contributed by atoms with Gasteiger partial charge in [0.15, 0.2) is 0 Å². The number of ether oxygens (including phenoxy) is 1. The van der Waals surface area contributed by atoms with Gasteiger partial charge >= 0.3 is 0 Å². The van der Waals surface area contributed by atoms with Gasteiger partial charge in [0.2, 0.25) is 12.1 Å². The lowest BCUT2D eigenvalue weighted by atomic mass is 10.1. The van der Waals surface area contributed by atoms with Gasteiger partial charge in [0, 0.05) is 5.02 Å². The van der Waals surface area contributed by atoms with Crippen LogP contribution in [0.25, 0.3) is 0 Å². The summed E-state index contributed by atoms with van der Waals surface area (Å²) in [5.41, 5.74) is 0.0897. The molecule has 14 heavy (non-hydrogen) atoms. The number of carbonyl (C=O) groups excluding carboxylic acids is 1. The van der Waals surface area contributed by atoms with Crippen LogP contribution in [0.5, 0.6) is 5.75 Å². The second-order valence-corrected chi connectivity index (χ2v) is 3.02. The smallest absolute Gasteiger partial charge is 0.222 e. The van der Waals surface area contributed by atoms with Crippen molar-refractivity contribution in [2.24, 2.45) is 0 Å². The Morgan fingerprint density at radius 1 is 1.50 bits per heavy atom.